The number of amides is 4. The summed E-state index contributed by atoms with van der Waals surface area (Å²) in [5.74, 6) is -0.495. The highest BCUT2D eigenvalue weighted by Gasteiger charge is 2.18. The molecule has 2 aromatic rings. The molecular weight excluding hydrogens is 340 g/mol. The summed E-state index contributed by atoms with van der Waals surface area (Å²) < 4.78 is 0. The highest BCUT2D eigenvalue weighted by atomic mass is 32.1. The summed E-state index contributed by atoms with van der Waals surface area (Å²) in [7, 11) is 0. The van der Waals surface area contributed by atoms with E-state index in [-0.39, 0.29) is 18.2 Å². The zero-order valence-corrected chi connectivity index (χ0v) is 14.6. The van der Waals surface area contributed by atoms with Crippen molar-refractivity contribution in [3.63, 3.8) is 0 Å². The molecule has 0 aliphatic carbocycles. The lowest BCUT2D eigenvalue weighted by Gasteiger charge is -2.16. The normalized spacial score (nSPS) is 11.4. The second-order valence-corrected chi connectivity index (χ2v) is 6.25. The highest BCUT2D eigenvalue weighted by Crippen LogP contribution is 2.22. The third kappa shape index (κ3) is 5.61. The van der Waals surface area contributed by atoms with E-state index in [4.69, 9.17) is 5.73 Å². The number of hydrogen-bond acceptors (Lipinski definition) is 4. The second-order valence-electron chi connectivity index (χ2n) is 5.27. The summed E-state index contributed by atoms with van der Waals surface area (Å²) in [6.07, 6.45) is 0.0365. The van der Waals surface area contributed by atoms with Gasteiger partial charge in [-0.05, 0) is 36.6 Å². The molecule has 0 saturated heterocycles. The van der Waals surface area contributed by atoms with E-state index in [9.17, 15) is 14.4 Å². The zero-order valence-electron chi connectivity index (χ0n) is 13.7. The summed E-state index contributed by atoms with van der Waals surface area (Å²) in [4.78, 5) is 36.2. The van der Waals surface area contributed by atoms with E-state index in [0.29, 0.717) is 17.8 Å². The van der Waals surface area contributed by atoms with Gasteiger partial charge in [-0.25, -0.2) is 4.79 Å². The van der Waals surface area contributed by atoms with Crippen LogP contribution in [0.15, 0.2) is 41.8 Å². The number of nitrogens with one attached hydrogen (secondary N) is 3. The Balaban J connectivity index is 2.04. The van der Waals surface area contributed by atoms with E-state index in [1.807, 2.05) is 24.4 Å². The van der Waals surface area contributed by atoms with E-state index in [0.717, 1.165) is 4.88 Å². The van der Waals surface area contributed by atoms with Gasteiger partial charge in [-0.15, -0.1) is 11.3 Å². The zero-order chi connectivity index (χ0) is 18.2. The lowest BCUT2D eigenvalue weighted by atomic mass is 10.1. The van der Waals surface area contributed by atoms with Crippen LogP contribution >= 0.6 is 11.3 Å². The molecule has 4 amide bonds. The number of rotatable bonds is 7. The SMILES string of the molecule is CCNC(=O)c1cccc(NC(=O)CC(NC(N)=O)c2cccs2)c1. The van der Waals surface area contributed by atoms with Crippen LogP contribution in [0.1, 0.15) is 34.6 Å². The maximum Gasteiger partial charge on any atom is 0.312 e. The van der Waals surface area contributed by atoms with Crippen molar-refractivity contribution in [2.75, 3.05) is 11.9 Å². The number of thiophene rings is 1. The molecule has 5 N–H and O–H groups in total. The largest absolute Gasteiger partial charge is 0.352 e. The van der Waals surface area contributed by atoms with Gasteiger partial charge in [-0.3, -0.25) is 9.59 Å². The number of carbonyl (C=O) groups is 3. The highest BCUT2D eigenvalue weighted by molar-refractivity contribution is 7.10. The Bertz CT molecular complexity index is 746. The molecule has 0 aliphatic rings. The number of anilines is 1. The van der Waals surface area contributed by atoms with Gasteiger partial charge in [0.1, 0.15) is 0 Å². The quantitative estimate of drug-likeness (QED) is 0.607. The molecule has 1 unspecified atom stereocenters. The average Bonchev–Trinajstić information content (AvgIpc) is 3.08. The van der Waals surface area contributed by atoms with Crippen molar-refractivity contribution < 1.29 is 14.4 Å². The number of nitrogens with two attached hydrogens (primary N) is 1. The first-order valence-corrected chi connectivity index (χ1v) is 8.65. The fourth-order valence-corrected chi connectivity index (χ4v) is 3.06. The third-order valence-corrected chi connectivity index (χ3v) is 4.32. The molecule has 132 valence electrons. The van der Waals surface area contributed by atoms with Crippen LogP contribution in [0.4, 0.5) is 10.5 Å². The maximum atomic E-state index is 12.3. The molecule has 2 rings (SSSR count). The van der Waals surface area contributed by atoms with Gasteiger partial charge in [0.2, 0.25) is 5.91 Å². The molecular formula is C17H20N4O3S. The number of carbonyl (C=O) groups excluding carboxylic acids is 3. The maximum absolute atomic E-state index is 12.3. The van der Waals surface area contributed by atoms with Gasteiger partial charge in [0.25, 0.3) is 5.91 Å². The van der Waals surface area contributed by atoms with E-state index in [1.165, 1.54) is 11.3 Å². The van der Waals surface area contributed by atoms with Crippen LogP contribution in [0.25, 0.3) is 0 Å². The number of hydrogen-bond donors (Lipinski definition) is 4. The van der Waals surface area contributed by atoms with Crippen molar-refractivity contribution >= 4 is 34.9 Å². The predicted molar refractivity (Wildman–Crippen MR) is 97.5 cm³/mol. The number of benzene rings is 1. The molecule has 25 heavy (non-hydrogen) atoms. The van der Waals surface area contributed by atoms with Crippen LogP contribution in [0.2, 0.25) is 0 Å². The molecule has 0 saturated carbocycles. The van der Waals surface area contributed by atoms with Crippen molar-refractivity contribution in [1.29, 1.82) is 0 Å². The van der Waals surface area contributed by atoms with Crippen LogP contribution < -0.4 is 21.7 Å². The van der Waals surface area contributed by atoms with E-state index < -0.39 is 12.1 Å². The molecule has 0 fully saturated rings. The van der Waals surface area contributed by atoms with Crippen LogP contribution in [0.5, 0.6) is 0 Å². The smallest absolute Gasteiger partial charge is 0.312 e. The summed E-state index contributed by atoms with van der Waals surface area (Å²) in [6, 6.07) is 9.14. The average molecular weight is 360 g/mol. The van der Waals surface area contributed by atoms with Gasteiger partial charge in [-0.2, -0.15) is 0 Å². The summed E-state index contributed by atoms with van der Waals surface area (Å²) >= 11 is 1.43. The standard InChI is InChI=1S/C17H20N4O3S/c1-2-19-16(23)11-5-3-6-12(9-11)20-15(22)10-13(21-17(18)24)14-7-4-8-25-14/h3-9,13H,2,10H2,1H3,(H,19,23)(H,20,22)(H3,18,21,24). The number of primary amides is 1. The van der Waals surface area contributed by atoms with Crippen LogP contribution in [-0.2, 0) is 4.79 Å². The Labute approximate surface area is 149 Å². The van der Waals surface area contributed by atoms with Crippen LogP contribution in [-0.4, -0.2) is 24.4 Å². The Morgan fingerprint density at radius 3 is 2.64 bits per heavy atom. The van der Waals surface area contributed by atoms with E-state index >= 15 is 0 Å². The van der Waals surface area contributed by atoms with Crippen molar-refractivity contribution in [2.45, 2.75) is 19.4 Å². The monoisotopic (exact) mass is 360 g/mol. The molecule has 1 aromatic heterocycles. The van der Waals surface area contributed by atoms with Gasteiger partial charge in [0.15, 0.2) is 0 Å². The predicted octanol–water partition coefficient (Wildman–Crippen LogP) is 2.24. The first-order chi connectivity index (χ1) is 12.0. The molecule has 0 spiro atoms. The molecule has 0 radical (unpaired) electrons. The van der Waals surface area contributed by atoms with Crippen molar-refractivity contribution in [3.05, 3.63) is 52.2 Å². The summed E-state index contributed by atoms with van der Waals surface area (Å²) in [5.41, 5.74) is 6.16. The molecule has 0 aliphatic heterocycles. The Hall–Kier alpha value is -2.87. The Kier molecular flexibility index (Phi) is 6.53. The van der Waals surface area contributed by atoms with Gasteiger partial charge in [0, 0.05) is 22.7 Å². The molecule has 7 nitrogen and oxygen atoms in total. The lowest BCUT2D eigenvalue weighted by Crippen LogP contribution is -2.34. The summed E-state index contributed by atoms with van der Waals surface area (Å²) in [6.45, 7) is 2.36. The van der Waals surface area contributed by atoms with Crippen LogP contribution in [0.3, 0.4) is 0 Å². The summed E-state index contributed by atoms with van der Waals surface area (Å²) in [5, 5.41) is 9.87. The minimum Gasteiger partial charge on any atom is -0.352 e. The lowest BCUT2D eigenvalue weighted by molar-refractivity contribution is -0.116. The van der Waals surface area contributed by atoms with Crippen LogP contribution in [0, 0.1) is 0 Å². The first-order valence-electron chi connectivity index (χ1n) is 7.77. The van der Waals surface area contributed by atoms with E-state index in [1.54, 1.807) is 24.3 Å². The molecule has 1 heterocycles. The fraction of sp³-hybridized carbons (Fsp3) is 0.235. The van der Waals surface area contributed by atoms with E-state index in [2.05, 4.69) is 16.0 Å². The van der Waals surface area contributed by atoms with Crippen molar-refractivity contribution in [2.24, 2.45) is 5.73 Å². The topological polar surface area (TPSA) is 113 Å². The second kappa shape index (κ2) is 8.84. The van der Waals surface area contributed by atoms with Crippen molar-refractivity contribution in [3.8, 4) is 0 Å². The minimum atomic E-state index is -0.690. The molecule has 1 aromatic carbocycles. The first kappa shape index (κ1) is 18.5. The third-order valence-electron chi connectivity index (χ3n) is 3.34. The Morgan fingerprint density at radius 2 is 2.00 bits per heavy atom. The van der Waals surface area contributed by atoms with Crippen molar-refractivity contribution in [1.82, 2.24) is 10.6 Å². The fourth-order valence-electron chi connectivity index (χ4n) is 2.28. The molecule has 1 atom stereocenters. The van der Waals surface area contributed by atoms with Gasteiger partial charge in [0.05, 0.1) is 12.5 Å². The van der Waals surface area contributed by atoms with Gasteiger partial charge in [-0.1, -0.05) is 12.1 Å². The van der Waals surface area contributed by atoms with Gasteiger partial charge < -0.3 is 21.7 Å². The molecule has 8 heteroatoms. The molecule has 0 bridgehead atoms. The Morgan fingerprint density at radius 1 is 1.20 bits per heavy atom. The number of urea groups is 1. The minimum absolute atomic E-state index is 0.0365. The van der Waals surface area contributed by atoms with Gasteiger partial charge >= 0.3 is 6.03 Å².